The highest BCUT2D eigenvalue weighted by Gasteiger charge is 2.01. The molecular weight excluding hydrogens is 248 g/mol. The van der Waals surface area contributed by atoms with Gasteiger partial charge in [-0.15, -0.1) is 0 Å². The van der Waals surface area contributed by atoms with Crippen molar-refractivity contribution in [1.29, 1.82) is 0 Å². The first-order valence-electron chi connectivity index (χ1n) is 7.12. The van der Waals surface area contributed by atoms with Gasteiger partial charge in [0, 0.05) is 0 Å². The second kappa shape index (κ2) is 10.8. The molecule has 1 N–H and O–H groups in total. The molecule has 2 nitrogen and oxygen atoms in total. The van der Waals surface area contributed by atoms with Crippen molar-refractivity contribution in [3.05, 3.63) is 60.2 Å². The van der Waals surface area contributed by atoms with Gasteiger partial charge in [0.1, 0.15) is 0 Å². The molecule has 0 aromatic heterocycles. The maximum atomic E-state index is 10.5. The van der Waals surface area contributed by atoms with E-state index in [0.717, 1.165) is 16.7 Å². The van der Waals surface area contributed by atoms with Crippen LogP contribution in [-0.2, 0) is 11.2 Å². The third-order valence-electron chi connectivity index (χ3n) is 2.42. The van der Waals surface area contributed by atoms with Crippen LogP contribution in [0.4, 0.5) is 0 Å². The second-order valence-electron chi connectivity index (χ2n) is 3.63. The maximum absolute atomic E-state index is 10.5. The minimum Gasteiger partial charge on any atom is -0.481 e. The molecule has 0 bridgehead atoms. The van der Waals surface area contributed by atoms with Crippen LogP contribution in [0.3, 0.4) is 0 Å². The zero-order valence-electron chi connectivity index (χ0n) is 12.8. The SMILES string of the molecule is CC.CC.O=C(O)Cc1ccc(-c2ccccc2)cc1. The molecule has 2 aromatic rings. The van der Waals surface area contributed by atoms with Crippen molar-refractivity contribution in [1.82, 2.24) is 0 Å². The van der Waals surface area contributed by atoms with Gasteiger partial charge in [0.15, 0.2) is 0 Å². The van der Waals surface area contributed by atoms with Crippen molar-refractivity contribution in [2.24, 2.45) is 0 Å². The molecule has 0 amide bonds. The van der Waals surface area contributed by atoms with Crippen molar-refractivity contribution in [3.63, 3.8) is 0 Å². The third-order valence-corrected chi connectivity index (χ3v) is 2.42. The van der Waals surface area contributed by atoms with Crippen LogP contribution in [0.5, 0.6) is 0 Å². The molecule has 108 valence electrons. The van der Waals surface area contributed by atoms with Gasteiger partial charge in [-0.2, -0.15) is 0 Å². The molecule has 0 saturated carbocycles. The van der Waals surface area contributed by atoms with Crippen molar-refractivity contribution < 1.29 is 9.90 Å². The summed E-state index contributed by atoms with van der Waals surface area (Å²) < 4.78 is 0. The minimum atomic E-state index is -0.799. The smallest absolute Gasteiger partial charge is 0.307 e. The van der Waals surface area contributed by atoms with E-state index in [9.17, 15) is 4.79 Å². The molecule has 2 aromatic carbocycles. The van der Waals surface area contributed by atoms with Crippen LogP contribution in [0.25, 0.3) is 11.1 Å². The van der Waals surface area contributed by atoms with E-state index in [2.05, 4.69) is 0 Å². The number of carboxylic acid groups (broad SMARTS) is 1. The van der Waals surface area contributed by atoms with Crippen molar-refractivity contribution in [3.8, 4) is 11.1 Å². The van der Waals surface area contributed by atoms with Crippen LogP contribution in [0, 0.1) is 0 Å². The first kappa shape index (κ1) is 17.9. The number of hydrogen-bond donors (Lipinski definition) is 1. The van der Waals surface area contributed by atoms with E-state index in [1.807, 2.05) is 82.3 Å². The predicted octanol–water partition coefficient (Wildman–Crippen LogP) is 5.03. The quantitative estimate of drug-likeness (QED) is 0.850. The molecular formula is C18H24O2. The van der Waals surface area contributed by atoms with Gasteiger partial charge in [0.25, 0.3) is 0 Å². The van der Waals surface area contributed by atoms with E-state index in [1.54, 1.807) is 0 Å². The fourth-order valence-corrected chi connectivity index (χ4v) is 1.62. The summed E-state index contributed by atoms with van der Waals surface area (Å²) in [7, 11) is 0. The summed E-state index contributed by atoms with van der Waals surface area (Å²) in [5.41, 5.74) is 3.08. The van der Waals surface area contributed by atoms with Gasteiger partial charge in [0.05, 0.1) is 6.42 Å². The fraction of sp³-hybridized carbons (Fsp3) is 0.278. The molecule has 0 aliphatic heterocycles. The average Bonchev–Trinajstić information content (AvgIpc) is 2.52. The van der Waals surface area contributed by atoms with E-state index >= 15 is 0 Å². The molecule has 0 heterocycles. The van der Waals surface area contributed by atoms with Crippen molar-refractivity contribution >= 4 is 5.97 Å². The van der Waals surface area contributed by atoms with Crippen LogP contribution < -0.4 is 0 Å². The molecule has 2 heteroatoms. The van der Waals surface area contributed by atoms with E-state index in [-0.39, 0.29) is 6.42 Å². The summed E-state index contributed by atoms with van der Waals surface area (Å²) >= 11 is 0. The topological polar surface area (TPSA) is 37.3 Å². The zero-order chi connectivity index (χ0) is 15.4. The maximum Gasteiger partial charge on any atom is 0.307 e. The Balaban J connectivity index is 0.000000829. The van der Waals surface area contributed by atoms with Gasteiger partial charge < -0.3 is 5.11 Å². The minimum absolute atomic E-state index is 0.0784. The molecule has 0 aliphatic carbocycles. The van der Waals surface area contributed by atoms with Gasteiger partial charge in [-0.05, 0) is 16.7 Å². The fourth-order valence-electron chi connectivity index (χ4n) is 1.62. The molecule has 0 saturated heterocycles. The van der Waals surface area contributed by atoms with Gasteiger partial charge in [-0.1, -0.05) is 82.3 Å². The Morgan fingerprint density at radius 3 is 1.70 bits per heavy atom. The Hall–Kier alpha value is -2.09. The first-order chi connectivity index (χ1) is 9.75. The summed E-state index contributed by atoms with van der Waals surface area (Å²) in [6, 6.07) is 17.6. The van der Waals surface area contributed by atoms with Crippen molar-refractivity contribution in [2.75, 3.05) is 0 Å². The van der Waals surface area contributed by atoms with Crippen molar-refractivity contribution in [2.45, 2.75) is 34.1 Å². The lowest BCUT2D eigenvalue weighted by Crippen LogP contribution is -1.99. The van der Waals surface area contributed by atoms with Gasteiger partial charge in [-0.3, -0.25) is 4.79 Å². The van der Waals surface area contributed by atoms with Gasteiger partial charge in [0.2, 0.25) is 0 Å². The summed E-state index contributed by atoms with van der Waals surface area (Å²) in [6.45, 7) is 8.00. The molecule has 2 rings (SSSR count). The van der Waals surface area contributed by atoms with E-state index < -0.39 is 5.97 Å². The molecule has 0 spiro atoms. The van der Waals surface area contributed by atoms with Crippen LogP contribution in [0.1, 0.15) is 33.3 Å². The number of aliphatic carboxylic acids is 1. The Labute approximate surface area is 122 Å². The highest BCUT2D eigenvalue weighted by Crippen LogP contribution is 2.19. The van der Waals surface area contributed by atoms with E-state index in [0.29, 0.717) is 0 Å². The highest BCUT2D eigenvalue weighted by molar-refractivity contribution is 5.71. The summed E-state index contributed by atoms with van der Waals surface area (Å²) in [5.74, 6) is -0.799. The van der Waals surface area contributed by atoms with E-state index in [1.165, 1.54) is 0 Å². The number of rotatable bonds is 3. The molecule has 0 aliphatic rings. The van der Waals surface area contributed by atoms with Crippen LogP contribution in [-0.4, -0.2) is 11.1 Å². The number of hydrogen-bond acceptors (Lipinski definition) is 1. The lowest BCUT2D eigenvalue weighted by Gasteiger charge is -2.02. The van der Waals surface area contributed by atoms with Crippen LogP contribution in [0.15, 0.2) is 54.6 Å². The molecule has 0 unspecified atom stereocenters. The summed E-state index contributed by atoms with van der Waals surface area (Å²) in [6.07, 6.45) is 0.0784. The standard InChI is InChI=1S/C14H12O2.2C2H6/c15-14(16)10-11-6-8-13(9-7-11)12-4-2-1-3-5-12;2*1-2/h1-9H,10H2,(H,15,16);2*1-2H3. The molecule has 0 radical (unpaired) electrons. The van der Waals surface area contributed by atoms with E-state index in [4.69, 9.17) is 5.11 Å². The summed E-state index contributed by atoms with van der Waals surface area (Å²) in [4.78, 5) is 10.5. The predicted molar refractivity (Wildman–Crippen MR) is 85.9 cm³/mol. The van der Waals surface area contributed by atoms with Gasteiger partial charge >= 0.3 is 5.97 Å². The number of benzene rings is 2. The average molecular weight is 272 g/mol. The number of carbonyl (C=O) groups is 1. The zero-order valence-corrected chi connectivity index (χ0v) is 12.8. The highest BCUT2D eigenvalue weighted by atomic mass is 16.4. The Morgan fingerprint density at radius 1 is 0.800 bits per heavy atom. The van der Waals surface area contributed by atoms with Crippen LogP contribution in [0.2, 0.25) is 0 Å². The van der Waals surface area contributed by atoms with Crippen LogP contribution >= 0.6 is 0 Å². The Kier molecular flexibility index (Phi) is 9.67. The first-order valence-corrected chi connectivity index (χ1v) is 7.12. The van der Waals surface area contributed by atoms with Gasteiger partial charge in [-0.25, -0.2) is 0 Å². The molecule has 20 heavy (non-hydrogen) atoms. The largest absolute Gasteiger partial charge is 0.481 e. The Morgan fingerprint density at radius 2 is 1.25 bits per heavy atom. The second-order valence-corrected chi connectivity index (χ2v) is 3.63. The molecule has 0 fully saturated rings. The third kappa shape index (κ3) is 6.19. The lowest BCUT2D eigenvalue weighted by atomic mass is 10.0. The monoisotopic (exact) mass is 272 g/mol. The molecule has 0 atom stereocenters. The normalized spacial score (nSPS) is 8.60. The summed E-state index contributed by atoms with van der Waals surface area (Å²) in [5, 5.41) is 8.65. The lowest BCUT2D eigenvalue weighted by molar-refractivity contribution is -0.136. The Bertz CT molecular complexity index is 473. The number of carboxylic acids is 1.